The topological polar surface area (TPSA) is 75.6 Å². The zero-order valence-electron chi connectivity index (χ0n) is 18.6. The van der Waals surface area contributed by atoms with Crippen LogP contribution >= 0.6 is 0 Å². The summed E-state index contributed by atoms with van der Waals surface area (Å²) in [5, 5.41) is 10.5. The van der Waals surface area contributed by atoms with Gasteiger partial charge in [-0.3, -0.25) is 0 Å². The molecule has 0 unspecified atom stereocenters. The lowest BCUT2D eigenvalue weighted by Gasteiger charge is -2.16. The third-order valence-electron chi connectivity index (χ3n) is 4.98. The number of aliphatic hydroxyl groups excluding tert-OH is 1. The minimum absolute atomic E-state index is 0.455. The van der Waals surface area contributed by atoms with Crippen LogP contribution in [-0.4, -0.2) is 53.9 Å². The van der Waals surface area contributed by atoms with E-state index in [0.29, 0.717) is 60.2 Å². The van der Waals surface area contributed by atoms with Crippen LogP contribution in [0.2, 0.25) is 0 Å². The molecule has 0 aliphatic heterocycles. The Labute approximate surface area is 178 Å². The number of methoxy groups -OCH3 is 6. The molecule has 0 atom stereocenters. The predicted octanol–water partition coefficient (Wildman–Crippen LogP) is 3.66. The zero-order valence-corrected chi connectivity index (χ0v) is 18.6. The van der Waals surface area contributed by atoms with Crippen LogP contribution in [0.1, 0.15) is 24.0 Å². The van der Waals surface area contributed by atoms with Crippen molar-refractivity contribution in [2.24, 2.45) is 0 Å². The van der Waals surface area contributed by atoms with Crippen molar-refractivity contribution in [2.45, 2.75) is 31.8 Å². The molecule has 0 heterocycles. The van der Waals surface area contributed by atoms with E-state index in [0.717, 1.165) is 11.1 Å². The highest BCUT2D eigenvalue weighted by molar-refractivity contribution is 5.54. The molecule has 0 radical (unpaired) electrons. The van der Waals surface area contributed by atoms with Gasteiger partial charge in [0, 0.05) is 0 Å². The van der Waals surface area contributed by atoms with E-state index in [2.05, 4.69) is 0 Å². The number of aryl methyl sites for hydroxylation is 2. The molecule has 7 nitrogen and oxygen atoms in total. The van der Waals surface area contributed by atoms with Gasteiger partial charge in [-0.15, -0.1) is 0 Å². The maximum absolute atomic E-state index is 10.5. The highest BCUT2D eigenvalue weighted by Crippen LogP contribution is 2.39. The standard InChI is InChI=1S/C23H32O7/c1-25-18-11-15(12-19(26-2)22(18)29-5)7-9-17(24)10-8-16-13-20(27-3)23(30-6)21(14-16)28-4/h11-14,17,24H,7-10H2,1-6H3. The van der Waals surface area contributed by atoms with Crippen molar-refractivity contribution >= 4 is 0 Å². The molecule has 0 aliphatic rings. The molecule has 1 N–H and O–H groups in total. The molecule has 166 valence electrons. The molecule has 2 aromatic rings. The van der Waals surface area contributed by atoms with Gasteiger partial charge in [-0.2, -0.15) is 0 Å². The summed E-state index contributed by atoms with van der Waals surface area (Å²) in [6.07, 6.45) is 2.15. The van der Waals surface area contributed by atoms with Gasteiger partial charge in [-0.05, 0) is 61.1 Å². The summed E-state index contributed by atoms with van der Waals surface area (Å²) in [4.78, 5) is 0. The Morgan fingerprint density at radius 1 is 0.567 bits per heavy atom. The van der Waals surface area contributed by atoms with Gasteiger partial charge >= 0.3 is 0 Å². The molecule has 0 saturated heterocycles. The third-order valence-corrected chi connectivity index (χ3v) is 4.98. The fourth-order valence-corrected chi connectivity index (χ4v) is 3.37. The molecular formula is C23H32O7. The maximum atomic E-state index is 10.5. The van der Waals surface area contributed by atoms with Gasteiger partial charge in [0.05, 0.1) is 48.8 Å². The van der Waals surface area contributed by atoms with Crippen LogP contribution in [0.15, 0.2) is 24.3 Å². The molecule has 0 fully saturated rings. The number of aliphatic hydroxyl groups is 1. The predicted molar refractivity (Wildman–Crippen MR) is 115 cm³/mol. The van der Waals surface area contributed by atoms with Crippen molar-refractivity contribution < 1.29 is 33.5 Å². The fourth-order valence-electron chi connectivity index (χ4n) is 3.37. The van der Waals surface area contributed by atoms with Crippen LogP contribution in [0.3, 0.4) is 0 Å². The minimum atomic E-state index is -0.455. The summed E-state index contributed by atoms with van der Waals surface area (Å²) in [7, 11) is 9.52. The van der Waals surface area contributed by atoms with Gasteiger partial charge in [0.15, 0.2) is 23.0 Å². The lowest BCUT2D eigenvalue weighted by atomic mass is 10.00. The van der Waals surface area contributed by atoms with Gasteiger partial charge in [0.2, 0.25) is 11.5 Å². The SMILES string of the molecule is COc1cc(CCC(O)CCc2cc(OC)c(OC)c(OC)c2)cc(OC)c1OC. The first-order valence-electron chi connectivity index (χ1n) is 9.77. The van der Waals surface area contributed by atoms with Crippen molar-refractivity contribution in [3.05, 3.63) is 35.4 Å². The average molecular weight is 421 g/mol. The Kier molecular flexibility index (Phi) is 8.92. The lowest BCUT2D eigenvalue weighted by molar-refractivity contribution is 0.155. The molecule has 0 aromatic heterocycles. The van der Waals surface area contributed by atoms with Crippen LogP contribution in [0, 0.1) is 0 Å². The molecule has 0 amide bonds. The van der Waals surface area contributed by atoms with E-state index in [4.69, 9.17) is 28.4 Å². The van der Waals surface area contributed by atoms with E-state index in [1.165, 1.54) is 0 Å². The summed E-state index contributed by atoms with van der Waals surface area (Å²) in [6.45, 7) is 0. The fraction of sp³-hybridized carbons (Fsp3) is 0.478. The summed E-state index contributed by atoms with van der Waals surface area (Å²) in [6, 6.07) is 7.64. The Morgan fingerprint density at radius 3 is 1.10 bits per heavy atom. The first kappa shape index (κ1) is 23.5. The second-order valence-electron chi connectivity index (χ2n) is 6.80. The first-order valence-corrected chi connectivity index (χ1v) is 9.77. The van der Waals surface area contributed by atoms with E-state index >= 15 is 0 Å². The summed E-state index contributed by atoms with van der Waals surface area (Å²) >= 11 is 0. The van der Waals surface area contributed by atoms with Crippen molar-refractivity contribution in [3.63, 3.8) is 0 Å². The molecule has 2 rings (SSSR count). The van der Waals surface area contributed by atoms with Crippen LogP contribution in [0.5, 0.6) is 34.5 Å². The summed E-state index contributed by atoms with van der Waals surface area (Å²) < 4.78 is 32.3. The second-order valence-corrected chi connectivity index (χ2v) is 6.80. The van der Waals surface area contributed by atoms with E-state index in [1.807, 2.05) is 24.3 Å². The Hall–Kier alpha value is -2.80. The molecule has 0 bridgehead atoms. The number of hydrogen-bond donors (Lipinski definition) is 1. The number of ether oxygens (including phenoxy) is 6. The highest BCUT2D eigenvalue weighted by atomic mass is 16.5. The van der Waals surface area contributed by atoms with Crippen molar-refractivity contribution in [3.8, 4) is 34.5 Å². The first-order chi connectivity index (χ1) is 14.5. The van der Waals surface area contributed by atoms with Crippen LogP contribution in [-0.2, 0) is 12.8 Å². The van der Waals surface area contributed by atoms with E-state index in [9.17, 15) is 5.11 Å². The Balaban J connectivity index is 2.01. The molecule has 0 aliphatic carbocycles. The molecule has 7 heteroatoms. The van der Waals surface area contributed by atoms with Crippen molar-refractivity contribution in [2.75, 3.05) is 42.7 Å². The van der Waals surface area contributed by atoms with Gasteiger partial charge in [-0.1, -0.05) is 0 Å². The van der Waals surface area contributed by atoms with Gasteiger partial charge in [0.1, 0.15) is 0 Å². The normalized spacial score (nSPS) is 10.7. The van der Waals surface area contributed by atoms with Crippen LogP contribution in [0.25, 0.3) is 0 Å². The third kappa shape index (κ3) is 5.63. The Morgan fingerprint density at radius 2 is 0.867 bits per heavy atom. The molecule has 0 spiro atoms. The van der Waals surface area contributed by atoms with Crippen LogP contribution < -0.4 is 28.4 Å². The second kappa shape index (κ2) is 11.4. The molecular weight excluding hydrogens is 388 g/mol. The van der Waals surface area contributed by atoms with E-state index in [-0.39, 0.29) is 0 Å². The van der Waals surface area contributed by atoms with Gasteiger partial charge in [-0.25, -0.2) is 0 Å². The minimum Gasteiger partial charge on any atom is -0.493 e. The Bertz CT molecular complexity index is 702. The maximum Gasteiger partial charge on any atom is 0.203 e. The van der Waals surface area contributed by atoms with Crippen molar-refractivity contribution in [1.29, 1.82) is 0 Å². The zero-order chi connectivity index (χ0) is 22.1. The van der Waals surface area contributed by atoms with E-state index in [1.54, 1.807) is 42.7 Å². The van der Waals surface area contributed by atoms with Crippen LogP contribution in [0.4, 0.5) is 0 Å². The molecule has 0 saturated carbocycles. The lowest BCUT2D eigenvalue weighted by Crippen LogP contribution is -2.10. The van der Waals surface area contributed by atoms with Crippen molar-refractivity contribution in [1.82, 2.24) is 0 Å². The number of benzene rings is 2. The number of rotatable bonds is 12. The smallest absolute Gasteiger partial charge is 0.203 e. The summed E-state index contributed by atoms with van der Waals surface area (Å²) in [5.41, 5.74) is 2.02. The van der Waals surface area contributed by atoms with E-state index < -0.39 is 6.10 Å². The van der Waals surface area contributed by atoms with Gasteiger partial charge < -0.3 is 33.5 Å². The molecule has 2 aromatic carbocycles. The summed E-state index contributed by atoms with van der Waals surface area (Å²) in [5.74, 6) is 3.56. The molecule has 30 heavy (non-hydrogen) atoms. The quantitative estimate of drug-likeness (QED) is 0.561. The number of hydrogen-bond acceptors (Lipinski definition) is 7. The van der Waals surface area contributed by atoms with Gasteiger partial charge in [0.25, 0.3) is 0 Å². The average Bonchev–Trinajstić information content (AvgIpc) is 2.79. The highest BCUT2D eigenvalue weighted by Gasteiger charge is 2.16. The largest absolute Gasteiger partial charge is 0.493 e. The monoisotopic (exact) mass is 420 g/mol.